The van der Waals surface area contributed by atoms with Crippen molar-refractivity contribution >= 4 is 32.3 Å². The van der Waals surface area contributed by atoms with Crippen LogP contribution in [0, 0.1) is 0 Å². The Morgan fingerprint density at radius 3 is 1.43 bits per heavy atom. The Morgan fingerprint density at radius 2 is 0.750 bits per heavy atom. The van der Waals surface area contributed by atoms with Gasteiger partial charge in [-0.3, -0.25) is 0 Å². The van der Waals surface area contributed by atoms with Gasteiger partial charge in [-0.1, -0.05) is 146 Å². The molecule has 8 aromatic rings. The van der Waals surface area contributed by atoms with Gasteiger partial charge >= 0.3 is 0 Å². The maximum Gasteiger partial charge on any atom is -0.00262 e. The molecule has 0 unspecified atom stereocenters. The molecule has 0 aromatic heterocycles. The van der Waals surface area contributed by atoms with E-state index in [0.29, 0.717) is 0 Å². The molecular formula is C44H30. The van der Waals surface area contributed by atoms with E-state index in [-0.39, 0.29) is 0 Å². The zero-order chi connectivity index (χ0) is 29.0. The molecule has 0 bridgehead atoms. The number of hydrogen-bond acceptors (Lipinski definition) is 0. The van der Waals surface area contributed by atoms with E-state index < -0.39 is 0 Å². The predicted molar refractivity (Wildman–Crippen MR) is 188 cm³/mol. The van der Waals surface area contributed by atoms with Gasteiger partial charge in [0.15, 0.2) is 0 Å². The molecule has 206 valence electrons. The second-order valence-electron chi connectivity index (χ2n) is 11.9. The molecule has 9 rings (SSSR count). The zero-order valence-corrected chi connectivity index (χ0v) is 24.4. The minimum atomic E-state index is 1.07. The quantitative estimate of drug-likeness (QED) is 0.189. The molecule has 0 spiro atoms. The first-order valence-electron chi connectivity index (χ1n) is 15.6. The van der Waals surface area contributed by atoms with Gasteiger partial charge in [0.05, 0.1) is 0 Å². The van der Waals surface area contributed by atoms with Crippen molar-refractivity contribution in [3.8, 4) is 44.5 Å². The minimum Gasteiger partial charge on any atom is -0.0622 e. The highest BCUT2D eigenvalue weighted by Crippen LogP contribution is 2.46. The van der Waals surface area contributed by atoms with E-state index in [4.69, 9.17) is 0 Å². The number of hydrogen-bond donors (Lipinski definition) is 0. The van der Waals surface area contributed by atoms with Crippen LogP contribution >= 0.6 is 0 Å². The van der Waals surface area contributed by atoms with Gasteiger partial charge in [-0.15, -0.1) is 0 Å². The lowest BCUT2D eigenvalue weighted by Crippen LogP contribution is -2.05. The molecule has 0 saturated heterocycles. The van der Waals surface area contributed by atoms with Crippen LogP contribution in [0.4, 0.5) is 0 Å². The van der Waals surface area contributed by atoms with Gasteiger partial charge in [0.25, 0.3) is 0 Å². The normalized spacial score (nSPS) is 12.4. The topological polar surface area (TPSA) is 0 Å². The summed E-state index contributed by atoms with van der Waals surface area (Å²) in [5, 5.41) is 7.81. The third-order valence-electron chi connectivity index (χ3n) is 9.53. The van der Waals surface area contributed by atoms with E-state index in [1.165, 1.54) is 88.0 Å². The van der Waals surface area contributed by atoms with Gasteiger partial charge in [-0.05, 0) is 113 Å². The van der Waals surface area contributed by atoms with Gasteiger partial charge < -0.3 is 0 Å². The van der Waals surface area contributed by atoms with Crippen LogP contribution < -0.4 is 0 Å². The van der Waals surface area contributed by atoms with Gasteiger partial charge in [0.1, 0.15) is 0 Å². The van der Waals surface area contributed by atoms with Crippen molar-refractivity contribution in [1.29, 1.82) is 0 Å². The van der Waals surface area contributed by atoms with E-state index in [1.54, 1.807) is 0 Å². The Kier molecular flexibility index (Phi) is 5.74. The molecular weight excluding hydrogens is 528 g/mol. The lowest BCUT2D eigenvalue weighted by atomic mass is 9.80. The molecule has 44 heavy (non-hydrogen) atoms. The molecule has 0 saturated carbocycles. The van der Waals surface area contributed by atoms with Crippen LogP contribution in [0.2, 0.25) is 0 Å². The molecule has 0 N–H and O–H groups in total. The van der Waals surface area contributed by atoms with Crippen molar-refractivity contribution < 1.29 is 0 Å². The number of aryl methyl sites for hydroxylation is 2. The summed E-state index contributed by atoms with van der Waals surface area (Å²) in [4.78, 5) is 0. The molecule has 0 radical (unpaired) electrons. The molecule has 1 aliphatic rings. The Morgan fingerprint density at radius 1 is 0.273 bits per heavy atom. The maximum absolute atomic E-state index is 2.47. The van der Waals surface area contributed by atoms with Gasteiger partial charge in [0, 0.05) is 0 Å². The van der Waals surface area contributed by atoms with Crippen molar-refractivity contribution in [3.63, 3.8) is 0 Å². The molecule has 0 atom stereocenters. The maximum atomic E-state index is 2.47. The summed E-state index contributed by atoms with van der Waals surface area (Å²) in [7, 11) is 0. The van der Waals surface area contributed by atoms with Crippen LogP contribution in [0.1, 0.15) is 11.1 Å². The average Bonchev–Trinajstić information content (AvgIpc) is 3.10. The van der Waals surface area contributed by atoms with Crippen molar-refractivity contribution in [2.24, 2.45) is 0 Å². The van der Waals surface area contributed by atoms with Crippen molar-refractivity contribution in [2.45, 2.75) is 12.8 Å². The molecule has 8 aromatic carbocycles. The average molecular weight is 559 g/mol. The summed E-state index contributed by atoms with van der Waals surface area (Å²) < 4.78 is 0. The summed E-state index contributed by atoms with van der Waals surface area (Å²) in [5.41, 5.74) is 13.4. The fourth-order valence-electron chi connectivity index (χ4n) is 7.64. The fraction of sp³-hybridized carbons (Fsp3) is 0.0455. The predicted octanol–water partition coefficient (Wildman–Crippen LogP) is 11.9. The summed E-state index contributed by atoms with van der Waals surface area (Å²) in [6, 6.07) is 58.3. The van der Waals surface area contributed by atoms with Crippen LogP contribution in [-0.2, 0) is 12.8 Å². The van der Waals surface area contributed by atoms with E-state index in [2.05, 4.69) is 158 Å². The first-order valence-corrected chi connectivity index (χ1v) is 15.6. The fourth-order valence-corrected chi connectivity index (χ4v) is 7.64. The van der Waals surface area contributed by atoms with Crippen LogP contribution in [0.5, 0.6) is 0 Å². The molecule has 1 aliphatic carbocycles. The third-order valence-corrected chi connectivity index (χ3v) is 9.53. The van der Waals surface area contributed by atoms with Gasteiger partial charge in [-0.2, -0.15) is 0 Å². The number of fused-ring (bicyclic) bond motifs is 7. The smallest absolute Gasteiger partial charge is 0.00262 e. The highest BCUT2D eigenvalue weighted by atomic mass is 14.2. The standard InChI is InChI=1S/C44H30/c1-2-14-30(15-3-1)42-37-21-8-10-23-39(37)44(40-24-11-9-22-38(40)42)32-17-12-16-31(27-32)41-28-33-26-25-29-13-4-5-18-34(29)43(33)36-20-7-6-19-35(36)41/h1-24,27-28H,25-26H2. The third kappa shape index (κ3) is 3.85. The van der Waals surface area contributed by atoms with Crippen LogP contribution in [0.25, 0.3) is 76.8 Å². The molecule has 0 heteroatoms. The lowest BCUT2D eigenvalue weighted by Gasteiger charge is -2.24. The number of rotatable bonds is 3. The lowest BCUT2D eigenvalue weighted by molar-refractivity contribution is 0.945. The van der Waals surface area contributed by atoms with E-state index >= 15 is 0 Å². The SMILES string of the molecule is c1ccc(-c2c3ccccc3c(-c3cccc(-c4cc5c(c6ccccc46)-c4ccccc4CC5)c3)c3ccccc23)cc1. The first-order chi connectivity index (χ1) is 21.8. The second kappa shape index (κ2) is 10.1. The van der Waals surface area contributed by atoms with Crippen LogP contribution in [0.15, 0.2) is 158 Å². The summed E-state index contributed by atoms with van der Waals surface area (Å²) >= 11 is 0. The largest absolute Gasteiger partial charge is 0.0622 e. The molecule has 0 nitrogen and oxygen atoms in total. The van der Waals surface area contributed by atoms with Crippen molar-refractivity contribution in [2.75, 3.05) is 0 Å². The zero-order valence-electron chi connectivity index (χ0n) is 24.4. The van der Waals surface area contributed by atoms with E-state index in [0.717, 1.165) is 12.8 Å². The highest BCUT2D eigenvalue weighted by molar-refractivity contribution is 6.21. The Bertz CT molecular complexity index is 2320. The van der Waals surface area contributed by atoms with Crippen molar-refractivity contribution in [1.82, 2.24) is 0 Å². The first kappa shape index (κ1) is 25.1. The Labute approximate surface area is 257 Å². The van der Waals surface area contributed by atoms with E-state index in [9.17, 15) is 0 Å². The minimum absolute atomic E-state index is 1.07. The summed E-state index contributed by atoms with van der Waals surface area (Å²) in [5.74, 6) is 0. The Hall–Kier alpha value is -5.46. The summed E-state index contributed by atoms with van der Waals surface area (Å²) in [6.07, 6.45) is 2.16. The molecule has 0 aliphatic heterocycles. The Balaban J connectivity index is 1.30. The second-order valence-corrected chi connectivity index (χ2v) is 11.9. The van der Waals surface area contributed by atoms with E-state index in [1.807, 2.05) is 0 Å². The highest BCUT2D eigenvalue weighted by Gasteiger charge is 2.21. The molecule has 0 heterocycles. The molecule has 0 amide bonds. The number of benzene rings is 8. The summed E-state index contributed by atoms with van der Waals surface area (Å²) in [6.45, 7) is 0. The molecule has 0 fully saturated rings. The monoisotopic (exact) mass is 558 g/mol. The van der Waals surface area contributed by atoms with Crippen LogP contribution in [0.3, 0.4) is 0 Å². The van der Waals surface area contributed by atoms with Crippen molar-refractivity contribution in [3.05, 3.63) is 169 Å². The van der Waals surface area contributed by atoms with Crippen LogP contribution in [-0.4, -0.2) is 0 Å². The van der Waals surface area contributed by atoms with Gasteiger partial charge in [0.2, 0.25) is 0 Å². The van der Waals surface area contributed by atoms with Gasteiger partial charge in [-0.25, -0.2) is 0 Å².